The smallest absolute Gasteiger partial charge is 0.138 e. The summed E-state index contributed by atoms with van der Waals surface area (Å²) in [5.41, 5.74) is 8.18. The lowest BCUT2D eigenvalue weighted by molar-refractivity contribution is 1.46. The lowest BCUT2D eigenvalue weighted by atomic mass is 9.99. The fourth-order valence-electron chi connectivity index (χ4n) is 4.32. The third kappa shape index (κ3) is 2.68. The number of benzene rings is 2. The molecule has 0 radical (unpaired) electrons. The third-order valence-corrected chi connectivity index (χ3v) is 9.37. The maximum absolute atomic E-state index is 9.76. The van der Waals surface area contributed by atoms with Gasteiger partial charge in [-0.3, -0.25) is 0 Å². The number of nitrogens with zero attached hydrogens (tertiary/aromatic N) is 6. The molecule has 158 valence electrons. The van der Waals surface area contributed by atoms with Gasteiger partial charge in [0.05, 0.1) is 33.2 Å². The second-order valence-electron chi connectivity index (χ2n) is 7.56. The van der Waals surface area contributed by atoms with Gasteiger partial charge in [-0.2, -0.15) is 28.0 Å². The standard InChI is InChI=1S/C24H8N6S4/c25-9-11(10-26)20-14-7-18(12-3-1-5-16-21(12)29-33-27-16)31-23(14)24-15(20)8-19(32-24)13-4-2-6-17-22(13)30-34-28-17/h1-8H. The second-order valence-corrected chi connectivity index (χ2v) is 10.7. The minimum atomic E-state index is 0.121. The van der Waals surface area contributed by atoms with Crippen molar-refractivity contribution in [2.24, 2.45) is 0 Å². The molecule has 0 spiro atoms. The number of aromatic nitrogens is 4. The first-order valence-corrected chi connectivity index (χ1v) is 13.1. The molecule has 6 aromatic rings. The Bertz CT molecular complexity index is 1770. The Morgan fingerprint density at radius 1 is 0.647 bits per heavy atom. The monoisotopic (exact) mass is 508 g/mol. The van der Waals surface area contributed by atoms with Crippen molar-refractivity contribution in [3.05, 3.63) is 65.2 Å². The quantitative estimate of drug-likeness (QED) is 0.234. The van der Waals surface area contributed by atoms with Gasteiger partial charge in [-0.15, -0.1) is 22.7 Å². The fraction of sp³-hybridized carbons (Fsp3) is 0. The average Bonchev–Trinajstić information content (AvgIpc) is 3.67. The molecule has 0 saturated heterocycles. The Labute approximate surface area is 209 Å². The average molecular weight is 509 g/mol. The molecule has 2 aromatic carbocycles. The first kappa shape index (κ1) is 19.6. The number of allylic oxidation sites excluding steroid dienone is 1. The number of nitriles is 2. The Hall–Kier alpha value is -3.80. The highest BCUT2D eigenvalue weighted by atomic mass is 32.1. The highest BCUT2D eigenvalue weighted by Crippen LogP contribution is 2.56. The highest BCUT2D eigenvalue weighted by molar-refractivity contribution is 7.26. The van der Waals surface area contributed by atoms with Gasteiger partial charge in [-0.05, 0) is 24.3 Å². The van der Waals surface area contributed by atoms with Crippen molar-refractivity contribution >= 4 is 73.8 Å². The van der Waals surface area contributed by atoms with E-state index in [9.17, 15) is 10.5 Å². The van der Waals surface area contributed by atoms with Gasteiger partial charge in [-0.25, -0.2) is 0 Å². The zero-order chi connectivity index (χ0) is 22.8. The van der Waals surface area contributed by atoms with Crippen molar-refractivity contribution < 1.29 is 0 Å². The van der Waals surface area contributed by atoms with E-state index in [0.29, 0.717) is 5.57 Å². The minimum Gasteiger partial charge on any atom is -0.192 e. The van der Waals surface area contributed by atoms with Gasteiger partial charge in [-0.1, -0.05) is 24.3 Å². The molecule has 0 bridgehead atoms. The lowest BCUT2D eigenvalue weighted by Crippen LogP contribution is -1.86. The summed E-state index contributed by atoms with van der Waals surface area (Å²) in [6, 6.07) is 20.3. The molecule has 0 N–H and O–H groups in total. The second kappa shape index (κ2) is 7.35. The van der Waals surface area contributed by atoms with Crippen molar-refractivity contribution in [3.63, 3.8) is 0 Å². The topological polar surface area (TPSA) is 99.1 Å². The van der Waals surface area contributed by atoms with E-state index in [-0.39, 0.29) is 5.57 Å². The van der Waals surface area contributed by atoms with Gasteiger partial charge in [0.25, 0.3) is 0 Å². The van der Waals surface area contributed by atoms with Crippen molar-refractivity contribution in [2.75, 3.05) is 0 Å². The van der Waals surface area contributed by atoms with Crippen LogP contribution in [0.5, 0.6) is 0 Å². The minimum absolute atomic E-state index is 0.121. The van der Waals surface area contributed by atoms with Gasteiger partial charge >= 0.3 is 0 Å². The van der Waals surface area contributed by atoms with Crippen molar-refractivity contribution in [1.29, 1.82) is 10.5 Å². The van der Waals surface area contributed by atoms with E-state index in [1.54, 1.807) is 22.7 Å². The Kier molecular flexibility index (Phi) is 4.25. The van der Waals surface area contributed by atoms with Crippen molar-refractivity contribution in [2.45, 2.75) is 0 Å². The molecule has 0 amide bonds. The number of fused-ring (bicyclic) bond motifs is 5. The largest absolute Gasteiger partial charge is 0.192 e. The first-order valence-electron chi connectivity index (χ1n) is 10.0. The molecule has 7 rings (SSSR count). The third-order valence-electron chi connectivity index (χ3n) is 5.79. The van der Waals surface area contributed by atoms with Crippen LogP contribution in [-0.4, -0.2) is 17.5 Å². The molecule has 0 saturated carbocycles. The van der Waals surface area contributed by atoms with Crippen LogP contribution in [0, 0.1) is 22.7 Å². The molecular weight excluding hydrogens is 501 g/mol. The summed E-state index contributed by atoms with van der Waals surface area (Å²) < 4.78 is 17.7. The summed E-state index contributed by atoms with van der Waals surface area (Å²) in [7, 11) is 0. The summed E-state index contributed by atoms with van der Waals surface area (Å²) in [5, 5.41) is 19.5. The molecule has 4 aromatic heterocycles. The summed E-state index contributed by atoms with van der Waals surface area (Å²) in [5.74, 6) is 0. The lowest BCUT2D eigenvalue weighted by Gasteiger charge is -2.01. The van der Waals surface area contributed by atoms with Gasteiger partial charge in [0.2, 0.25) is 0 Å². The maximum Gasteiger partial charge on any atom is 0.138 e. The number of hydrogen-bond acceptors (Lipinski definition) is 10. The van der Waals surface area contributed by atoms with Gasteiger partial charge in [0, 0.05) is 37.6 Å². The zero-order valence-corrected chi connectivity index (χ0v) is 20.2. The number of hydrogen-bond donors (Lipinski definition) is 0. The molecule has 0 fully saturated rings. The van der Waals surface area contributed by atoms with Crippen molar-refractivity contribution in [3.8, 4) is 42.8 Å². The molecule has 1 aliphatic rings. The maximum atomic E-state index is 9.76. The van der Waals surface area contributed by atoms with Gasteiger partial charge < -0.3 is 0 Å². The summed E-state index contributed by atoms with van der Waals surface area (Å²) in [6.07, 6.45) is 0. The van der Waals surface area contributed by atoms with E-state index in [0.717, 1.165) is 63.8 Å². The van der Waals surface area contributed by atoms with Crippen LogP contribution < -0.4 is 0 Å². The van der Waals surface area contributed by atoms with Crippen LogP contribution in [0.2, 0.25) is 0 Å². The molecular formula is C24H8N6S4. The molecule has 34 heavy (non-hydrogen) atoms. The van der Waals surface area contributed by atoms with Gasteiger partial charge in [0.1, 0.15) is 39.8 Å². The van der Waals surface area contributed by atoms with E-state index in [2.05, 4.69) is 41.8 Å². The summed E-state index contributed by atoms with van der Waals surface area (Å²) in [6.45, 7) is 0. The number of thiophene rings is 2. The fourth-order valence-corrected chi connectivity index (χ4v) is 7.96. The zero-order valence-electron chi connectivity index (χ0n) is 16.9. The Morgan fingerprint density at radius 3 is 1.62 bits per heavy atom. The molecule has 0 atom stereocenters. The van der Waals surface area contributed by atoms with Gasteiger partial charge in [0.15, 0.2) is 0 Å². The van der Waals surface area contributed by atoms with Crippen LogP contribution >= 0.6 is 46.1 Å². The van der Waals surface area contributed by atoms with E-state index in [4.69, 9.17) is 0 Å². The number of rotatable bonds is 2. The highest BCUT2D eigenvalue weighted by Gasteiger charge is 2.32. The van der Waals surface area contributed by atoms with Crippen LogP contribution in [0.1, 0.15) is 11.1 Å². The van der Waals surface area contributed by atoms with Crippen molar-refractivity contribution in [1.82, 2.24) is 17.5 Å². The predicted molar refractivity (Wildman–Crippen MR) is 138 cm³/mol. The summed E-state index contributed by atoms with van der Waals surface area (Å²) in [4.78, 5) is 4.23. The summed E-state index contributed by atoms with van der Waals surface area (Å²) >= 11 is 5.72. The molecule has 0 aliphatic heterocycles. The molecule has 10 heteroatoms. The van der Waals surface area contributed by atoms with E-state index < -0.39 is 0 Å². The Balaban J connectivity index is 1.48. The molecule has 6 nitrogen and oxygen atoms in total. The predicted octanol–water partition coefficient (Wildman–Crippen LogP) is 6.98. The van der Waals surface area contributed by atoms with E-state index in [1.807, 2.05) is 36.4 Å². The molecule has 4 heterocycles. The Morgan fingerprint density at radius 2 is 1.15 bits per heavy atom. The molecule has 1 aliphatic carbocycles. The molecule has 0 unspecified atom stereocenters. The van der Waals surface area contributed by atoms with E-state index in [1.165, 1.54) is 23.5 Å². The SMILES string of the molecule is N#CC(C#N)=C1c2cc(-c3cccc4nsnc34)sc2-c2sc(-c3cccc4nsnc34)cc21. The van der Waals surface area contributed by atoms with Crippen LogP contribution in [0.25, 0.3) is 58.3 Å². The van der Waals surface area contributed by atoms with Crippen LogP contribution in [-0.2, 0) is 0 Å². The van der Waals surface area contributed by atoms with E-state index >= 15 is 0 Å². The normalized spacial score (nSPS) is 12.0. The van der Waals surface area contributed by atoms with Crippen LogP contribution in [0.15, 0.2) is 54.1 Å². The first-order chi connectivity index (χ1) is 16.8. The van der Waals surface area contributed by atoms with Crippen LogP contribution in [0.3, 0.4) is 0 Å². The van der Waals surface area contributed by atoms with Crippen LogP contribution in [0.4, 0.5) is 0 Å².